The number of nitrogens with zero attached hydrogens (tertiary/aromatic N) is 1. The van der Waals surface area contributed by atoms with Crippen molar-refractivity contribution < 1.29 is 4.79 Å². The van der Waals surface area contributed by atoms with Crippen LogP contribution in [0.25, 0.3) is 0 Å². The minimum Gasteiger partial charge on any atom is -0.375 e. The smallest absolute Gasteiger partial charge is 0.263 e. The third-order valence-corrected chi connectivity index (χ3v) is 6.55. The molecule has 110 valence electrons. The predicted octanol–water partition coefficient (Wildman–Crippen LogP) is 2.98. The van der Waals surface area contributed by atoms with E-state index < -0.39 is 0 Å². The highest BCUT2D eigenvalue weighted by Gasteiger charge is 2.59. The van der Waals surface area contributed by atoms with E-state index in [9.17, 15) is 4.79 Å². The van der Waals surface area contributed by atoms with Gasteiger partial charge in [0.25, 0.3) is 5.91 Å². The molecule has 3 atom stereocenters. The fourth-order valence-corrected chi connectivity index (χ4v) is 5.22. The Bertz CT molecular complexity index is 561. The highest BCUT2D eigenvalue weighted by Crippen LogP contribution is 2.62. The second-order valence-electron chi connectivity index (χ2n) is 7.29. The number of anilines is 1. The number of fused-ring (bicyclic) bond motifs is 2. The van der Waals surface area contributed by atoms with Gasteiger partial charge in [-0.25, -0.2) is 4.98 Å². The molecule has 0 radical (unpaired) electrons. The molecule has 4 nitrogen and oxygen atoms in total. The summed E-state index contributed by atoms with van der Waals surface area (Å²) in [5.74, 6) is 0.717. The molecule has 2 bridgehead atoms. The Labute approximate surface area is 124 Å². The number of nitrogen functional groups attached to an aromatic ring is 1. The van der Waals surface area contributed by atoms with Gasteiger partial charge in [-0.1, -0.05) is 32.1 Å². The van der Waals surface area contributed by atoms with Crippen LogP contribution in [0, 0.1) is 23.7 Å². The van der Waals surface area contributed by atoms with E-state index in [1.54, 1.807) is 0 Å². The number of hydrogen-bond acceptors (Lipinski definition) is 4. The normalized spacial score (nSPS) is 34.4. The summed E-state index contributed by atoms with van der Waals surface area (Å²) < 4.78 is 0. The first kappa shape index (κ1) is 13.9. The van der Waals surface area contributed by atoms with Crippen molar-refractivity contribution >= 4 is 22.4 Å². The zero-order valence-electron chi connectivity index (χ0n) is 12.6. The van der Waals surface area contributed by atoms with Gasteiger partial charge in [0.15, 0.2) is 5.13 Å². The van der Waals surface area contributed by atoms with Gasteiger partial charge in [0.05, 0.1) is 5.69 Å². The molecule has 3 N–H and O–H groups in total. The molecule has 1 amide bonds. The van der Waals surface area contributed by atoms with Crippen LogP contribution in [0.3, 0.4) is 0 Å². The van der Waals surface area contributed by atoms with Crippen LogP contribution in [0.2, 0.25) is 0 Å². The Morgan fingerprint density at radius 2 is 2.15 bits per heavy atom. The number of amides is 1. The number of nitrogens with one attached hydrogen (secondary N) is 1. The largest absolute Gasteiger partial charge is 0.375 e. The molecule has 5 heteroatoms. The number of carbonyl (C=O) groups is 1. The predicted molar refractivity (Wildman–Crippen MR) is 81.7 cm³/mol. The molecular weight excluding hydrogens is 270 g/mol. The second-order valence-corrected chi connectivity index (χ2v) is 8.32. The molecule has 2 saturated carbocycles. The molecule has 1 aromatic rings. The lowest BCUT2D eigenvalue weighted by Gasteiger charge is -2.43. The monoisotopic (exact) mass is 293 g/mol. The molecule has 0 aromatic carbocycles. The zero-order chi connectivity index (χ0) is 14.7. The summed E-state index contributed by atoms with van der Waals surface area (Å²) in [7, 11) is 0. The van der Waals surface area contributed by atoms with E-state index in [0.29, 0.717) is 10.0 Å². The quantitative estimate of drug-likeness (QED) is 0.881. The van der Waals surface area contributed by atoms with Crippen molar-refractivity contribution in [2.45, 2.75) is 53.0 Å². The van der Waals surface area contributed by atoms with E-state index in [0.717, 1.165) is 11.6 Å². The Balaban J connectivity index is 1.84. The van der Waals surface area contributed by atoms with E-state index >= 15 is 0 Å². The lowest BCUT2D eigenvalue weighted by molar-refractivity contribution is 0.0740. The van der Waals surface area contributed by atoms with Crippen LogP contribution in [0.4, 0.5) is 5.13 Å². The van der Waals surface area contributed by atoms with E-state index in [1.165, 1.54) is 30.6 Å². The summed E-state index contributed by atoms with van der Waals surface area (Å²) in [5, 5.41) is 3.75. The first-order valence-corrected chi connectivity index (χ1v) is 8.09. The Morgan fingerprint density at radius 1 is 1.45 bits per heavy atom. The zero-order valence-corrected chi connectivity index (χ0v) is 13.4. The molecular formula is C15H23N3OS. The molecule has 3 unspecified atom stereocenters. The summed E-state index contributed by atoms with van der Waals surface area (Å²) in [6.07, 6.45) is 3.74. The van der Waals surface area contributed by atoms with E-state index in [2.05, 4.69) is 31.1 Å². The molecule has 2 aliphatic carbocycles. The molecule has 1 aromatic heterocycles. The molecule has 2 fully saturated rings. The topological polar surface area (TPSA) is 68.0 Å². The lowest BCUT2D eigenvalue weighted by Crippen LogP contribution is -2.52. The molecule has 0 saturated heterocycles. The maximum atomic E-state index is 12.5. The summed E-state index contributed by atoms with van der Waals surface area (Å²) >= 11 is 1.28. The number of carbonyl (C=O) groups excluding carboxylic acids is 1. The van der Waals surface area contributed by atoms with Gasteiger partial charge in [0.2, 0.25) is 0 Å². The van der Waals surface area contributed by atoms with Crippen molar-refractivity contribution in [1.82, 2.24) is 10.3 Å². The summed E-state index contributed by atoms with van der Waals surface area (Å²) in [4.78, 5) is 17.3. The summed E-state index contributed by atoms with van der Waals surface area (Å²) in [5.41, 5.74) is 6.84. The second kappa shape index (κ2) is 4.20. The highest BCUT2D eigenvalue weighted by molar-refractivity contribution is 7.17. The van der Waals surface area contributed by atoms with Crippen LogP contribution in [-0.2, 0) is 0 Å². The van der Waals surface area contributed by atoms with Crippen molar-refractivity contribution in [3.05, 3.63) is 10.6 Å². The first-order valence-electron chi connectivity index (χ1n) is 7.28. The van der Waals surface area contributed by atoms with Gasteiger partial charge in [-0.05, 0) is 42.9 Å². The van der Waals surface area contributed by atoms with Gasteiger partial charge in [-0.2, -0.15) is 0 Å². The highest BCUT2D eigenvalue weighted by atomic mass is 32.1. The summed E-state index contributed by atoms with van der Waals surface area (Å²) in [6, 6.07) is 0.240. The molecule has 0 spiro atoms. The number of aryl methyl sites for hydroxylation is 1. The SMILES string of the molecule is Cc1nc(N)sc1C(=O)NC1C2(C)CCC(C2)C1(C)C. The fraction of sp³-hybridized carbons (Fsp3) is 0.733. The third-order valence-electron chi connectivity index (χ3n) is 5.56. The van der Waals surface area contributed by atoms with Gasteiger partial charge in [0, 0.05) is 6.04 Å². The van der Waals surface area contributed by atoms with Crippen LogP contribution in [0.15, 0.2) is 0 Å². The van der Waals surface area contributed by atoms with Crippen molar-refractivity contribution in [2.75, 3.05) is 5.73 Å². The van der Waals surface area contributed by atoms with Gasteiger partial charge < -0.3 is 11.1 Å². The average molecular weight is 293 g/mol. The average Bonchev–Trinajstić information content (AvgIpc) is 2.93. The van der Waals surface area contributed by atoms with Gasteiger partial charge >= 0.3 is 0 Å². The first-order chi connectivity index (χ1) is 9.24. The number of hydrogen-bond donors (Lipinski definition) is 2. The van der Waals surface area contributed by atoms with Crippen LogP contribution >= 0.6 is 11.3 Å². The molecule has 2 aliphatic rings. The molecule has 1 heterocycles. The number of nitrogens with two attached hydrogens (primary N) is 1. The standard InChI is InChI=1S/C15H23N3OS/c1-8-10(20-13(16)17-8)11(19)18-12-14(2,3)9-5-6-15(12,4)7-9/h9,12H,5-7H2,1-4H3,(H2,16,17)(H,18,19). The van der Waals surface area contributed by atoms with E-state index in [4.69, 9.17) is 5.73 Å². The number of thiazole rings is 1. The van der Waals surface area contributed by atoms with Gasteiger partial charge in [-0.15, -0.1) is 0 Å². The van der Waals surface area contributed by atoms with E-state index in [1.807, 2.05) is 6.92 Å². The molecule has 0 aliphatic heterocycles. The molecule has 20 heavy (non-hydrogen) atoms. The van der Waals surface area contributed by atoms with Crippen molar-refractivity contribution in [2.24, 2.45) is 16.7 Å². The third kappa shape index (κ3) is 1.86. The van der Waals surface area contributed by atoms with Crippen LogP contribution in [-0.4, -0.2) is 16.9 Å². The van der Waals surface area contributed by atoms with Gasteiger partial charge in [0.1, 0.15) is 4.88 Å². The van der Waals surface area contributed by atoms with Crippen molar-refractivity contribution in [3.63, 3.8) is 0 Å². The Hall–Kier alpha value is -1.10. The van der Waals surface area contributed by atoms with Gasteiger partial charge in [-0.3, -0.25) is 4.79 Å². The summed E-state index contributed by atoms with van der Waals surface area (Å²) in [6.45, 7) is 8.75. The maximum Gasteiger partial charge on any atom is 0.263 e. The van der Waals surface area contributed by atoms with E-state index in [-0.39, 0.29) is 22.8 Å². The maximum absolute atomic E-state index is 12.5. The van der Waals surface area contributed by atoms with Crippen LogP contribution < -0.4 is 11.1 Å². The van der Waals surface area contributed by atoms with Crippen molar-refractivity contribution in [1.29, 1.82) is 0 Å². The number of aromatic nitrogens is 1. The van der Waals surface area contributed by atoms with Crippen LogP contribution in [0.5, 0.6) is 0 Å². The Kier molecular flexibility index (Phi) is 2.91. The van der Waals surface area contributed by atoms with Crippen molar-refractivity contribution in [3.8, 4) is 0 Å². The Morgan fingerprint density at radius 3 is 2.65 bits per heavy atom. The lowest BCUT2D eigenvalue weighted by atomic mass is 9.68. The minimum absolute atomic E-state index is 0.0106. The number of rotatable bonds is 2. The molecule has 3 rings (SSSR count). The fourth-order valence-electron chi connectivity index (χ4n) is 4.49. The minimum atomic E-state index is -0.0106. The van der Waals surface area contributed by atoms with Crippen LogP contribution in [0.1, 0.15) is 55.4 Å².